The Balaban J connectivity index is 1.80. The lowest BCUT2D eigenvalue weighted by molar-refractivity contribution is 0.174. The second kappa shape index (κ2) is 7.00. The highest BCUT2D eigenvalue weighted by molar-refractivity contribution is 9.10. The normalized spacial score (nSPS) is 12.1. The maximum Gasteiger partial charge on any atom is 0.231 e. The number of ether oxygens (including phenoxy) is 4. The minimum absolute atomic E-state index is 0.274. The number of rotatable bonds is 6. The quantitative estimate of drug-likeness (QED) is 0.814. The number of halogens is 1. The van der Waals surface area contributed by atoms with E-state index in [4.69, 9.17) is 18.9 Å². The predicted octanol–water partition coefficient (Wildman–Crippen LogP) is 4.20. The van der Waals surface area contributed by atoms with Crippen LogP contribution in [0.5, 0.6) is 23.0 Å². The zero-order chi connectivity index (χ0) is 16.2. The Labute approximate surface area is 143 Å². The first kappa shape index (κ1) is 15.8. The van der Waals surface area contributed by atoms with E-state index in [2.05, 4.69) is 21.2 Å². The number of fused-ring (bicyclic) bond motifs is 1. The molecule has 0 atom stereocenters. The number of hydrogen-bond acceptors (Lipinski definition) is 5. The van der Waals surface area contributed by atoms with Crippen LogP contribution in [0, 0.1) is 0 Å². The van der Waals surface area contributed by atoms with Gasteiger partial charge in [0.1, 0.15) is 0 Å². The molecular weight excluding hydrogens is 362 g/mol. The van der Waals surface area contributed by atoms with Crippen molar-refractivity contribution in [1.29, 1.82) is 0 Å². The van der Waals surface area contributed by atoms with Crippen LogP contribution in [0.1, 0.15) is 12.5 Å². The fourth-order valence-corrected chi connectivity index (χ4v) is 2.90. The second-order valence-corrected chi connectivity index (χ2v) is 5.87. The minimum Gasteiger partial charge on any atom is -0.493 e. The number of hydrogen-bond donors (Lipinski definition) is 1. The Kier molecular flexibility index (Phi) is 4.81. The first-order valence-corrected chi connectivity index (χ1v) is 8.13. The maximum absolute atomic E-state index is 5.75. The van der Waals surface area contributed by atoms with Crippen molar-refractivity contribution in [3.8, 4) is 23.0 Å². The molecule has 0 saturated carbocycles. The van der Waals surface area contributed by atoms with E-state index in [1.54, 1.807) is 7.11 Å². The van der Waals surface area contributed by atoms with E-state index in [1.807, 2.05) is 37.3 Å². The average molecular weight is 380 g/mol. The van der Waals surface area contributed by atoms with Crippen molar-refractivity contribution in [2.45, 2.75) is 13.5 Å². The van der Waals surface area contributed by atoms with Gasteiger partial charge >= 0.3 is 0 Å². The molecule has 23 heavy (non-hydrogen) atoms. The standard InChI is InChI=1S/C17H18BrNO4/c1-3-21-17-11(6-12(18)7-16(17)20-2)9-19-13-4-5-14-15(8-13)23-10-22-14/h4-8,19H,3,9-10H2,1-2H3. The van der Waals surface area contributed by atoms with Gasteiger partial charge < -0.3 is 24.3 Å². The Hall–Kier alpha value is -2.08. The molecule has 0 radical (unpaired) electrons. The highest BCUT2D eigenvalue weighted by atomic mass is 79.9. The van der Waals surface area contributed by atoms with Crippen molar-refractivity contribution in [3.05, 3.63) is 40.4 Å². The van der Waals surface area contributed by atoms with Crippen molar-refractivity contribution < 1.29 is 18.9 Å². The van der Waals surface area contributed by atoms with Gasteiger partial charge in [0.05, 0.1) is 13.7 Å². The van der Waals surface area contributed by atoms with Gasteiger partial charge in [-0.1, -0.05) is 15.9 Å². The SMILES string of the molecule is CCOc1c(CNc2ccc3c(c2)OCO3)cc(Br)cc1OC. The van der Waals surface area contributed by atoms with Crippen LogP contribution in [0.25, 0.3) is 0 Å². The van der Waals surface area contributed by atoms with Gasteiger partial charge in [-0.25, -0.2) is 0 Å². The molecule has 2 aromatic carbocycles. The third-order valence-corrected chi connectivity index (χ3v) is 3.92. The summed E-state index contributed by atoms with van der Waals surface area (Å²) in [5.74, 6) is 3.00. The van der Waals surface area contributed by atoms with Crippen molar-refractivity contribution in [1.82, 2.24) is 0 Å². The van der Waals surface area contributed by atoms with Gasteiger partial charge in [-0.15, -0.1) is 0 Å². The van der Waals surface area contributed by atoms with E-state index in [1.165, 1.54) is 0 Å². The highest BCUT2D eigenvalue weighted by Gasteiger charge is 2.15. The fourth-order valence-electron chi connectivity index (χ4n) is 2.42. The van der Waals surface area contributed by atoms with Crippen LogP contribution in [0.15, 0.2) is 34.8 Å². The third kappa shape index (κ3) is 3.47. The Morgan fingerprint density at radius 2 is 2.00 bits per heavy atom. The summed E-state index contributed by atoms with van der Waals surface area (Å²) in [4.78, 5) is 0. The molecule has 0 fully saturated rings. The Bertz CT molecular complexity index is 705. The minimum atomic E-state index is 0.274. The molecule has 1 aliphatic rings. The van der Waals surface area contributed by atoms with Crippen LogP contribution in [-0.4, -0.2) is 20.5 Å². The summed E-state index contributed by atoms with van der Waals surface area (Å²) in [6, 6.07) is 9.71. The summed E-state index contributed by atoms with van der Waals surface area (Å²) in [5.41, 5.74) is 1.96. The van der Waals surface area contributed by atoms with Crippen LogP contribution in [-0.2, 0) is 6.54 Å². The molecule has 0 unspecified atom stereocenters. The number of methoxy groups -OCH3 is 1. The van der Waals surface area contributed by atoms with Crippen molar-refractivity contribution in [2.75, 3.05) is 25.8 Å². The number of benzene rings is 2. The van der Waals surface area contributed by atoms with Gasteiger partial charge in [-0.3, -0.25) is 0 Å². The van der Waals surface area contributed by atoms with Gasteiger partial charge in [0.25, 0.3) is 0 Å². The molecule has 5 nitrogen and oxygen atoms in total. The zero-order valence-electron chi connectivity index (χ0n) is 13.0. The van der Waals surface area contributed by atoms with Crippen molar-refractivity contribution >= 4 is 21.6 Å². The lowest BCUT2D eigenvalue weighted by atomic mass is 10.1. The molecular formula is C17H18BrNO4. The topological polar surface area (TPSA) is 49.0 Å². The Morgan fingerprint density at radius 1 is 1.17 bits per heavy atom. The van der Waals surface area contributed by atoms with Gasteiger partial charge in [-0.2, -0.15) is 0 Å². The summed E-state index contributed by atoms with van der Waals surface area (Å²) < 4.78 is 22.8. The monoisotopic (exact) mass is 379 g/mol. The molecule has 1 N–H and O–H groups in total. The highest BCUT2D eigenvalue weighted by Crippen LogP contribution is 2.37. The molecule has 1 heterocycles. The second-order valence-electron chi connectivity index (χ2n) is 4.95. The molecule has 0 bridgehead atoms. The smallest absolute Gasteiger partial charge is 0.231 e. The summed E-state index contributed by atoms with van der Waals surface area (Å²) in [7, 11) is 1.64. The lowest BCUT2D eigenvalue weighted by Crippen LogP contribution is -2.05. The average Bonchev–Trinajstić information content (AvgIpc) is 3.02. The number of anilines is 1. The van der Waals surface area contributed by atoms with Gasteiger partial charge in [0.2, 0.25) is 6.79 Å². The van der Waals surface area contributed by atoms with E-state index in [9.17, 15) is 0 Å². The summed E-state index contributed by atoms with van der Waals surface area (Å²) in [5, 5.41) is 3.38. The summed E-state index contributed by atoms with van der Waals surface area (Å²) in [6.07, 6.45) is 0. The van der Waals surface area contributed by atoms with E-state index in [0.717, 1.165) is 33.0 Å². The molecule has 0 aromatic heterocycles. The van der Waals surface area contributed by atoms with Gasteiger partial charge in [-0.05, 0) is 31.2 Å². The summed E-state index contributed by atoms with van der Waals surface area (Å²) >= 11 is 3.51. The van der Waals surface area contributed by atoms with Crippen molar-refractivity contribution in [3.63, 3.8) is 0 Å². The van der Waals surface area contributed by atoms with Gasteiger partial charge in [0.15, 0.2) is 23.0 Å². The third-order valence-electron chi connectivity index (χ3n) is 3.46. The Morgan fingerprint density at radius 3 is 2.78 bits per heavy atom. The largest absolute Gasteiger partial charge is 0.493 e. The maximum atomic E-state index is 5.75. The number of nitrogens with one attached hydrogen (secondary N) is 1. The lowest BCUT2D eigenvalue weighted by Gasteiger charge is -2.16. The molecule has 0 aliphatic carbocycles. The van der Waals surface area contributed by atoms with Crippen LogP contribution >= 0.6 is 15.9 Å². The van der Waals surface area contributed by atoms with E-state index >= 15 is 0 Å². The molecule has 6 heteroatoms. The molecule has 0 spiro atoms. The predicted molar refractivity (Wildman–Crippen MR) is 91.8 cm³/mol. The van der Waals surface area contributed by atoms with Crippen LogP contribution in [0.3, 0.4) is 0 Å². The van der Waals surface area contributed by atoms with Crippen molar-refractivity contribution in [2.24, 2.45) is 0 Å². The van der Waals surface area contributed by atoms with E-state index in [-0.39, 0.29) is 6.79 Å². The first-order valence-electron chi connectivity index (χ1n) is 7.34. The molecule has 0 saturated heterocycles. The zero-order valence-corrected chi connectivity index (χ0v) is 14.6. The molecule has 3 rings (SSSR count). The van der Waals surface area contributed by atoms with Crippen LogP contribution in [0.2, 0.25) is 0 Å². The summed E-state index contributed by atoms with van der Waals surface area (Å²) in [6.45, 7) is 3.41. The first-order chi connectivity index (χ1) is 11.2. The van der Waals surface area contributed by atoms with Gasteiger partial charge in [0, 0.05) is 28.3 Å². The van der Waals surface area contributed by atoms with E-state index in [0.29, 0.717) is 18.9 Å². The fraction of sp³-hybridized carbons (Fsp3) is 0.294. The molecule has 2 aromatic rings. The molecule has 0 amide bonds. The van der Waals surface area contributed by atoms with E-state index < -0.39 is 0 Å². The van der Waals surface area contributed by atoms with Crippen LogP contribution in [0.4, 0.5) is 5.69 Å². The van der Waals surface area contributed by atoms with Crippen LogP contribution < -0.4 is 24.3 Å². The molecule has 122 valence electrons. The molecule has 1 aliphatic heterocycles.